The van der Waals surface area contributed by atoms with Crippen LogP contribution in [0.2, 0.25) is 0 Å². The second-order valence-electron chi connectivity index (χ2n) is 0. The van der Waals surface area contributed by atoms with Crippen LogP contribution >= 0.6 is 0 Å². The molecule has 0 bridgehead atoms. The Hall–Kier alpha value is 1.34. The van der Waals surface area contributed by atoms with E-state index in [0.29, 0.717) is 0 Å². The first-order valence-corrected chi connectivity index (χ1v) is 0.500. The molecule has 0 aromatic carbocycles. The Bertz CT molecular complexity index is 6.00. The van der Waals surface area contributed by atoms with E-state index in [9.17, 15) is 0 Å². The van der Waals surface area contributed by atoms with Crippen LogP contribution in [0, 0.1) is 0 Å². The van der Waals surface area contributed by atoms with Crippen molar-refractivity contribution in [2.45, 2.75) is 0 Å². The van der Waals surface area contributed by atoms with Gasteiger partial charge in [-0.1, -0.05) is 0 Å². The molecule has 0 heterocycles. The average Bonchev–Trinajstić information content (AvgIpc) is 1.00. The Labute approximate surface area is 68.8 Å². The smallest absolute Gasteiger partial charge is 0.870 e. The van der Waals surface area contributed by atoms with Gasteiger partial charge in [0.2, 0.25) is 0 Å². The predicted molar refractivity (Wildman–Crippen MR) is 13.2 cm³/mol. The molecule has 0 spiro atoms. The summed E-state index contributed by atoms with van der Waals surface area (Å²) < 4.78 is 0. The number of rotatable bonds is 0. The van der Waals surface area contributed by atoms with Crippen LogP contribution in [0.1, 0.15) is 0 Å². The first-order chi connectivity index (χ1) is 1.00. The molecule has 4 heavy (non-hydrogen) atoms. The summed E-state index contributed by atoms with van der Waals surface area (Å²) in [7, 11) is 0. The summed E-state index contributed by atoms with van der Waals surface area (Å²) in [5.74, 6) is 0. The zero-order chi connectivity index (χ0) is 2.00. The van der Waals surface area contributed by atoms with E-state index in [4.69, 9.17) is 0 Å². The number of hydrogen-bond donors (Lipinski definition) is 0. The molecular formula is C2H5KO. The van der Waals surface area contributed by atoms with E-state index in [-0.39, 0.29) is 56.9 Å². The molecule has 0 amide bonds. The molecule has 2 heteroatoms. The van der Waals surface area contributed by atoms with Crippen molar-refractivity contribution < 1.29 is 56.9 Å². The van der Waals surface area contributed by atoms with Crippen molar-refractivity contribution in [3.8, 4) is 0 Å². The van der Waals surface area contributed by atoms with E-state index >= 15 is 0 Å². The van der Waals surface area contributed by atoms with Gasteiger partial charge in [-0.05, 0) is 0 Å². The molecule has 0 saturated heterocycles. The zero-order valence-corrected chi connectivity index (χ0v) is 5.98. The molecule has 0 radical (unpaired) electrons. The monoisotopic (exact) mass is 84.0 g/mol. The van der Waals surface area contributed by atoms with Crippen molar-refractivity contribution in [2.75, 3.05) is 0 Å². The van der Waals surface area contributed by atoms with E-state index in [1.807, 2.05) is 0 Å². The molecule has 1 N–H and O–H groups in total. The molecule has 0 aliphatic rings. The van der Waals surface area contributed by atoms with Gasteiger partial charge in [-0.25, -0.2) is 0 Å². The van der Waals surface area contributed by atoms with Crippen molar-refractivity contribution in [2.24, 2.45) is 0 Å². The number of hydrogen-bond acceptors (Lipinski definition) is 1. The fourth-order valence-electron chi connectivity index (χ4n) is 0. The van der Waals surface area contributed by atoms with Crippen molar-refractivity contribution in [3.63, 3.8) is 0 Å². The fourth-order valence-corrected chi connectivity index (χ4v) is 0. The maximum absolute atomic E-state index is 3.00. The van der Waals surface area contributed by atoms with Crippen LogP contribution in [-0.4, -0.2) is 5.48 Å². The summed E-state index contributed by atoms with van der Waals surface area (Å²) in [4.78, 5) is 0. The van der Waals surface area contributed by atoms with Crippen molar-refractivity contribution in [1.82, 2.24) is 0 Å². The Morgan fingerprint density at radius 2 is 1.00 bits per heavy atom. The van der Waals surface area contributed by atoms with Crippen LogP contribution in [0.5, 0.6) is 0 Å². The van der Waals surface area contributed by atoms with Crippen molar-refractivity contribution in [3.05, 3.63) is 13.2 Å². The molecule has 0 fully saturated rings. The van der Waals surface area contributed by atoms with Crippen molar-refractivity contribution in [1.29, 1.82) is 0 Å². The maximum atomic E-state index is 3.00. The van der Waals surface area contributed by atoms with Crippen molar-refractivity contribution >= 4 is 0 Å². The third-order valence-electron chi connectivity index (χ3n) is 0. The molecule has 0 unspecified atom stereocenters. The summed E-state index contributed by atoms with van der Waals surface area (Å²) in [6.45, 7) is 6.00. The topological polar surface area (TPSA) is 30.0 Å². The van der Waals surface area contributed by atoms with Gasteiger partial charge in [0.05, 0.1) is 0 Å². The second-order valence-corrected chi connectivity index (χ2v) is 0. The van der Waals surface area contributed by atoms with Gasteiger partial charge < -0.3 is 5.48 Å². The molecule has 0 rings (SSSR count). The molecular weight excluding hydrogens is 79.1 g/mol. The van der Waals surface area contributed by atoms with Gasteiger partial charge in [0.1, 0.15) is 0 Å². The standard InChI is InChI=1S/C2H4.K.H2O/c1-2;;/h1-2H2;;1H2/q;+1;/p-1. The van der Waals surface area contributed by atoms with Gasteiger partial charge in [-0.2, -0.15) is 0 Å². The van der Waals surface area contributed by atoms with E-state index in [0.717, 1.165) is 0 Å². The molecule has 0 saturated carbocycles. The first kappa shape index (κ1) is 18.4. The molecule has 0 aliphatic carbocycles. The van der Waals surface area contributed by atoms with E-state index in [1.165, 1.54) is 0 Å². The van der Waals surface area contributed by atoms with Crippen LogP contribution < -0.4 is 51.4 Å². The van der Waals surface area contributed by atoms with Crippen LogP contribution in [-0.2, 0) is 0 Å². The van der Waals surface area contributed by atoms with Gasteiger partial charge in [0.15, 0.2) is 0 Å². The second kappa shape index (κ2) is 27.0. The Balaban J connectivity index is -0.00000000500. The third kappa shape index (κ3) is 10.2. The summed E-state index contributed by atoms with van der Waals surface area (Å²) in [6.07, 6.45) is 0. The zero-order valence-electron chi connectivity index (χ0n) is 2.86. The third-order valence-corrected chi connectivity index (χ3v) is 0. The van der Waals surface area contributed by atoms with Crippen LogP contribution in [0.3, 0.4) is 0 Å². The summed E-state index contributed by atoms with van der Waals surface area (Å²) in [5, 5.41) is 0. The molecule has 0 aromatic heterocycles. The SMILES string of the molecule is C=C.[K+].[OH-]. The molecule has 1 nitrogen and oxygen atoms in total. The minimum absolute atomic E-state index is 0. The van der Waals surface area contributed by atoms with E-state index in [1.54, 1.807) is 0 Å². The van der Waals surface area contributed by atoms with Crippen LogP contribution in [0.25, 0.3) is 0 Å². The average molecular weight is 84.2 g/mol. The maximum Gasteiger partial charge on any atom is 1.00 e. The van der Waals surface area contributed by atoms with Crippen LogP contribution in [0.15, 0.2) is 13.2 Å². The first-order valence-electron chi connectivity index (χ1n) is 0.500. The van der Waals surface area contributed by atoms with Gasteiger partial charge in [0, 0.05) is 0 Å². The van der Waals surface area contributed by atoms with E-state index < -0.39 is 0 Å². The normalized spacial score (nSPS) is 1.00. The molecule has 0 aliphatic heterocycles. The fraction of sp³-hybridized carbons (Fsp3) is 0. The summed E-state index contributed by atoms with van der Waals surface area (Å²) in [6, 6.07) is 0. The summed E-state index contributed by atoms with van der Waals surface area (Å²) >= 11 is 0. The van der Waals surface area contributed by atoms with Gasteiger partial charge >= 0.3 is 51.4 Å². The minimum Gasteiger partial charge on any atom is -0.870 e. The van der Waals surface area contributed by atoms with Gasteiger partial charge in [-0.3, -0.25) is 0 Å². The minimum atomic E-state index is 0. The molecule has 0 atom stereocenters. The molecule has 20 valence electrons. The van der Waals surface area contributed by atoms with Crippen LogP contribution in [0.4, 0.5) is 0 Å². The largest absolute Gasteiger partial charge is 1.00 e. The Morgan fingerprint density at radius 3 is 1.00 bits per heavy atom. The van der Waals surface area contributed by atoms with E-state index in [2.05, 4.69) is 13.2 Å². The van der Waals surface area contributed by atoms with Gasteiger partial charge in [0.25, 0.3) is 0 Å². The molecule has 0 aromatic rings. The van der Waals surface area contributed by atoms with Gasteiger partial charge in [-0.15, -0.1) is 13.2 Å². The predicted octanol–water partition coefficient (Wildman–Crippen LogP) is -2.37. The Kier molecular flexibility index (Phi) is 124. The Morgan fingerprint density at radius 1 is 1.00 bits per heavy atom. The summed E-state index contributed by atoms with van der Waals surface area (Å²) in [5.41, 5.74) is 0. The quantitative estimate of drug-likeness (QED) is 0.238.